The van der Waals surface area contributed by atoms with Crippen molar-refractivity contribution in [3.05, 3.63) is 71.0 Å². The smallest absolute Gasteiger partial charge is 0.255 e. The van der Waals surface area contributed by atoms with Gasteiger partial charge in [0.1, 0.15) is 5.75 Å². The largest absolute Gasteiger partial charge is 0.495 e. The number of piperidine rings is 1. The third kappa shape index (κ3) is 4.66. The van der Waals surface area contributed by atoms with E-state index in [1.807, 2.05) is 42.8 Å². The van der Waals surface area contributed by atoms with E-state index in [9.17, 15) is 9.59 Å². The van der Waals surface area contributed by atoms with Crippen LogP contribution < -0.4 is 15.0 Å². The summed E-state index contributed by atoms with van der Waals surface area (Å²) in [7, 11) is 1.58. The zero-order valence-electron chi connectivity index (χ0n) is 18.7. The van der Waals surface area contributed by atoms with Crippen LogP contribution in [0.4, 0.5) is 11.4 Å². The maximum atomic E-state index is 13.0. The minimum atomic E-state index is -0.207. The first-order valence-electron chi connectivity index (χ1n) is 10.8. The molecule has 0 spiro atoms. The Morgan fingerprint density at radius 3 is 2.69 bits per heavy atom. The van der Waals surface area contributed by atoms with Gasteiger partial charge in [0.2, 0.25) is 5.91 Å². The minimum absolute atomic E-state index is 0.0786. The van der Waals surface area contributed by atoms with Gasteiger partial charge in [-0.2, -0.15) is 5.10 Å². The number of hydrogen-bond acceptors (Lipinski definition) is 4. The molecule has 0 saturated carbocycles. The van der Waals surface area contributed by atoms with E-state index in [0.29, 0.717) is 42.2 Å². The van der Waals surface area contributed by atoms with E-state index < -0.39 is 0 Å². The second-order valence-electron chi connectivity index (χ2n) is 8.13. The molecule has 7 nitrogen and oxygen atoms in total. The second-order valence-corrected chi connectivity index (χ2v) is 8.13. The van der Waals surface area contributed by atoms with E-state index in [4.69, 9.17) is 4.74 Å². The summed E-state index contributed by atoms with van der Waals surface area (Å²) in [5, 5.41) is 7.45. The normalized spacial score (nSPS) is 13.8. The van der Waals surface area contributed by atoms with Gasteiger partial charge in [-0.3, -0.25) is 14.3 Å². The Kier molecular flexibility index (Phi) is 6.25. The summed E-state index contributed by atoms with van der Waals surface area (Å²) in [5.41, 5.74) is 4.92. The lowest BCUT2D eigenvalue weighted by Gasteiger charge is -2.28. The number of carbonyl (C=O) groups is 2. The van der Waals surface area contributed by atoms with E-state index in [1.165, 1.54) is 0 Å². The Bertz CT molecular complexity index is 1150. The van der Waals surface area contributed by atoms with Gasteiger partial charge in [-0.25, -0.2) is 0 Å². The number of anilines is 2. The van der Waals surface area contributed by atoms with Crippen LogP contribution in [0.5, 0.6) is 5.75 Å². The minimum Gasteiger partial charge on any atom is -0.495 e. The fraction of sp³-hybridized carbons (Fsp3) is 0.320. The number of nitrogens with zero attached hydrogens (tertiary/aromatic N) is 3. The molecule has 0 aliphatic carbocycles. The van der Waals surface area contributed by atoms with Crippen molar-refractivity contribution < 1.29 is 14.3 Å². The fourth-order valence-corrected chi connectivity index (χ4v) is 4.06. The first-order valence-corrected chi connectivity index (χ1v) is 10.8. The van der Waals surface area contributed by atoms with Crippen LogP contribution in [0.1, 0.15) is 46.6 Å². The van der Waals surface area contributed by atoms with Crippen LogP contribution in [0.25, 0.3) is 0 Å². The fourth-order valence-electron chi connectivity index (χ4n) is 4.06. The summed E-state index contributed by atoms with van der Waals surface area (Å²) in [6.45, 7) is 5.24. The number of rotatable bonds is 6. The van der Waals surface area contributed by atoms with Crippen molar-refractivity contribution >= 4 is 23.2 Å². The van der Waals surface area contributed by atoms with Crippen LogP contribution in [0.15, 0.2) is 48.5 Å². The molecule has 2 heterocycles. The van der Waals surface area contributed by atoms with Crippen molar-refractivity contribution in [2.24, 2.45) is 0 Å². The molecule has 0 bridgehead atoms. The van der Waals surface area contributed by atoms with Crippen molar-refractivity contribution in [2.45, 2.75) is 39.7 Å². The first-order chi connectivity index (χ1) is 15.4. The lowest BCUT2D eigenvalue weighted by molar-refractivity contribution is -0.119. The number of aromatic nitrogens is 2. The molecular formula is C25H28N4O3. The molecular weight excluding hydrogens is 404 g/mol. The van der Waals surface area contributed by atoms with E-state index in [0.717, 1.165) is 29.8 Å². The number of methoxy groups -OCH3 is 1. The third-order valence-corrected chi connectivity index (χ3v) is 5.68. The van der Waals surface area contributed by atoms with Crippen molar-refractivity contribution in [1.82, 2.24) is 9.78 Å². The molecule has 1 fully saturated rings. The molecule has 0 unspecified atom stereocenters. The van der Waals surface area contributed by atoms with Crippen molar-refractivity contribution in [1.29, 1.82) is 0 Å². The van der Waals surface area contributed by atoms with Gasteiger partial charge in [-0.1, -0.05) is 12.1 Å². The zero-order valence-corrected chi connectivity index (χ0v) is 18.7. The zero-order chi connectivity index (χ0) is 22.7. The highest BCUT2D eigenvalue weighted by atomic mass is 16.5. The van der Waals surface area contributed by atoms with Crippen LogP contribution in [0.2, 0.25) is 0 Å². The number of aryl methyl sites for hydroxylation is 2. The van der Waals surface area contributed by atoms with Crippen LogP contribution in [0, 0.1) is 13.8 Å². The van der Waals surface area contributed by atoms with Crippen LogP contribution >= 0.6 is 0 Å². The summed E-state index contributed by atoms with van der Waals surface area (Å²) >= 11 is 0. The lowest BCUT2D eigenvalue weighted by atomic mass is 10.1. The van der Waals surface area contributed by atoms with E-state index in [-0.39, 0.29) is 11.8 Å². The van der Waals surface area contributed by atoms with Crippen molar-refractivity contribution in [2.75, 3.05) is 23.9 Å². The SMILES string of the molecule is COc1ccc(NC(=O)c2cccc(Cn3nc(C)cc3C)c2)cc1N1CCCCC1=O. The average Bonchev–Trinajstić information content (AvgIpc) is 3.10. The highest BCUT2D eigenvalue weighted by Crippen LogP contribution is 2.33. The van der Waals surface area contributed by atoms with Crippen molar-refractivity contribution in [3.8, 4) is 5.75 Å². The van der Waals surface area contributed by atoms with Gasteiger partial charge in [-0.05, 0) is 68.7 Å². The number of amides is 2. The van der Waals surface area contributed by atoms with Gasteiger partial charge < -0.3 is 15.0 Å². The molecule has 1 aromatic heterocycles. The Labute approximate surface area is 188 Å². The molecule has 7 heteroatoms. The molecule has 0 atom stereocenters. The highest BCUT2D eigenvalue weighted by Gasteiger charge is 2.23. The Morgan fingerprint density at radius 2 is 1.97 bits per heavy atom. The summed E-state index contributed by atoms with van der Waals surface area (Å²) in [4.78, 5) is 27.1. The van der Waals surface area contributed by atoms with Crippen molar-refractivity contribution in [3.63, 3.8) is 0 Å². The molecule has 1 aliphatic heterocycles. The highest BCUT2D eigenvalue weighted by molar-refractivity contribution is 6.05. The number of benzene rings is 2. The molecule has 32 heavy (non-hydrogen) atoms. The van der Waals surface area contributed by atoms with Gasteiger partial charge in [0.05, 0.1) is 25.0 Å². The monoisotopic (exact) mass is 432 g/mol. The summed E-state index contributed by atoms with van der Waals surface area (Å²) in [5.74, 6) is 0.487. The van der Waals surface area contributed by atoms with Gasteiger partial charge in [-0.15, -0.1) is 0 Å². The maximum Gasteiger partial charge on any atom is 0.255 e. The molecule has 166 valence electrons. The Morgan fingerprint density at radius 1 is 1.12 bits per heavy atom. The molecule has 1 aliphatic rings. The second kappa shape index (κ2) is 9.26. The average molecular weight is 433 g/mol. The maximum absolute atomic E-state index is 13.0. The molecule has 4 rings (SSSR count). The summed E-state index contributed by atoms with van der Waals surface area (Å²) in [6, 6.07) is 14.9. The van der Waals surface area contributed by atoms with E-state index >= 15 is 0 Å². The Balaban J connectivity index is 1.53. The molecule has 1 N–H and O–H groups in total. The molecule has 1 saturated heterocycles. The number of carbonyl (C=O) groups excluding carboxylic acids is 2. The van der Waals surface area contributed by atoms with E-state index in [2.05, 4.69) is 10.4 Å². The predicted molar refractivity (Wildman–Crippen MR) is 124 cm³/mol. The van der Waals surface area contributed by atoms with Crippen LogP contribution in [-0.4, -0.2) is 35.2 Å². The van der Waals surface area contributed by atoms with Crippen LogP contribution in [0.3, 0.4) is 0 Å². The molecule has 2 amide bonds. The Hall–Kier alpha value is -3.61. The molecule has 0 radical (unpaired) electrons. The van der Waals surface area contributed by atoms with Gasteiger partial charge in [0.25, 0.3) is 5.91 Å². The topological polar surface area (TPSA) is 76.5 Å². The molecule has 3 aromatic rings. The van der Waals surface area contributed by atoms with Crippen LogP contribution in [-0.2, 0) is 11.3 Å². The van der Waals surface area contributed by atoms with Gasteiger partial charge >= 0.3 is 0 Å². The number of hydrogen-bond donors (Lipinski definition) is 1. The first kappa shape index (κ1) is 21.6. The quantitative estimate of drug-likeness (QED) is 0.629. The van der Waals surface area contributed by atoms with E-state index in [1.54, 1.807) is 36.3 Å². The van der Waals surface area contributed by atoms with Gasteiger partial charge in [0, 0.05) is 29.9 Å². The standard InChI is InChI=1S/C25H28N4O3/c1-17-13-18(2)29(27-17)16-19-7-6-8-20(14-19)25(31)26-21-10-11-23(32-3)22(15-21)28-12-5-4-9-24(28)30/h6-8,10-11,13-15H,4-5,9,12,16H2,1-3H3,(H,26,31). The summed E-state index contributed by atoms with van der Waals surface area (Å²) in [6.07, 6.45) is 2.39. The number of ether oxygens (including phenoxy) is 1. The predicted octanol–water partition coefficient (Wildman–Crippen LogP) is 4.33. The molecule has 2 aromatic carbocycles. The lowest BCUT2D eigenvalue weighted by Crippen LogP contribution is -2.35. The summed E-state index contributed by atoms with van der Waals surface area (Å²) < 4.78 is 7.39. The number of nitrogens with one attached hydrogen (secondary N) is 1. The van der Waals surface area contributed by atoms with Gasteiger partial charge in [0.15, 0.2) is 0 Å². The third-order valence-electron chi connectivity index (χ3n) is 5.68.